The number of benzene rings is 1. The number of rotatable bonds is 2. The number of hydrogen-bond acceptors (Lipinski definition) is 4. The van der Waals surface area contributed by atoms with E-state index in [-0.39, 0.29) is 5.95 Å². The van der Waals surface area contributed by atoms with Crippen LogP contribution in [0.5, 0.6) is 0 Å². The Kier molecular flexibility index (Phi) is 2.69. The maximum Gasteiger partial charge on any atom is 0.240 e. The van der Waals surface area contributed by atoms with E-state index < -0.39 is 0 Å². The summed E-state index contributed by atoms with van der Waals surface area (Å²) in [6.07, 6.45) is 5.78. The smallest absolute Gasteiger partial charge is 0.240 e. The lowest BCUT2D eigenvalue weighted by molar-refractivity contribution is 0.880. The number of para-hydroxylation sites is 1. The summed E-state index contributed by atoms with van der Waals surface area (Å²) in [5, 5.41) is 8.60. The van der Waals surface area contributed by atoms with Crippen LogP contribution in [-0.2, 0) is 0 Å². The van der Waals surface area contributed by atoms with E-state index in [1.807, 2.05) is 66.6 Å². The van der Waals surface area contributed by atoms with E-state index in [0.29, 0.717) is 0 Å². The quantitative estimate of drug-likeness (QED) is 0.615. The summed E-state index contributed by atoms with van der Waals surface area (Å²) >= 11 is 0. The molecule has 0 aliphatic carbocycles. The second-order valence-corrected chi connectivity index (χ2v) is 5.15. The molecule has 0 saturated carbocycles. The van der Waals surface area contributed by atoms with Gasteiger partial charge < -0.3 is 5.73 Å². The normalized spacial score (nSPS) is 11.1. The Morgan fingerprint density at radius 3 is 2.73 bits per heavy atom. The van der Waals surface area contributed by atoms with Crippen molar-refractivity contribution in [3.63, 3.8) is 0 Å². The monoisotopic (exact) mass is 290 g/mol. The average molecular weight is 290 g/mol. The first-order valence-electron chi connectivity index (χ1n) is 6.94. The minimum Gasteiger partial charge on any atom is -0.366 e. The Balaban J connectivity index is 1.82. The van der Waals surface area contributed by atoms with Crippen LogP contribution in [0.2, 0.25) is 0 Å². The van der Waals surface area contributed by atoms with E-state index in [2.05, 4.69) is 15.2 Å². The van der Waals surface area contributed by atoms with Crippen molar-refractivity contribution in [2.45, 2.75) is 6.92 Å². The van der Waals surface area contributed by atoms with Gasteiger partial charge in [0.15, 0.2) is 5.65 Å². The van der Waals surface area contributed by atoms with Crippen molar-refractivity contribution in [3.05, 3.63) is 60.6 Å². The highest BCUT2D eigenvalue weighted by Gasteiger charge is 2.09. The van der Waals surface area contributed by atoms with Crippen molar-refractivity contribution in [1.82, 2.24) is 24.4 Å². The van der Waals surface area contributed by atoms with Gasteiger partial charge in [-0.2, -0.15) is 10.1 Å². The lowest BCUT2D eigenvalue weighted by Gasteiger charge is -2.03. The molecule has 0 saturated heterocycles. The maximum atomic E-state index is 5.65. The fourth-order valence-electron chi connectivity index (χ4n) is 2.53. The lowest BCUT2D eigenvalue weighted by Crippen LogP contribution is -1.93. The first-order valence-corrected chi connectivity index (χ1v) is 6.94. The molecule has 6 heteroatoms. The van der Waals surface area contributed by atoms with Crippen LogP contribution < -0.4 is 5.73 Å². The molecule has 108 valence electrons. The third-order valence-electron chi connectivity index (χ3n) is 3.61. The average Bonchev–Trinajstić information content (AvgIpc) is 3.13. The third-order valence-corrected chi connectivity index (χ3v) is 3.61. The van der Waals surface area contributed by atoms with Gasteiger partial charge in [0, 0.05) is 23.5 Å². The molecule has 0 bridgehead atoms. The molecule has 0 aliphatic heterocycles. The van der Waals surface area contributed by atoms with Crippen LogP contribution in [0.3, 0.4) is 0 Å². The van der Waals surface area contributed by atoms with Gasteiger partial charge in [-0.15, -0.1) is 5.10 Å². The van der Waals surface area contributed by atoms with Crippen molar-refractivity contribution >= 4 is 11.6 Å². The zero-order valence-electron chi connectivity index (χ0n) is 12.0. The van der Waals surface area contributed by atoms with Crippen LogP contribution in [0, 0.1) is 6.92 Å². The van der Waals surface area contributed by atoms with Crippen molar-refractivity contribution in [1.29, 1.82) is 0 Å². The van der Waals surface area contributed by atoms with E-state index in [9.17, 15) is 0 Å². The van der Waals surface area contributed by atoms with E-state index in [1.54, 1.807) is 4.52 Å². The number of aromatic nitrogens is 5. The number of fused-ring (bicyclic) bond motifs is 1. The number of anilines is 1. The van der Waals surface area contributed by atoms with Gasteiger partial charge in [0.25, 0.3) is 0 Å². The first-order chi connectivity index (χ1) is 10.7. The number of nitrogens with zero attached hydrogens (tertiary/aromatic N) is 5. The van der Waals surface area contributed by atoms with Gasteiger partial charge >= 0.3 is 0 Å². The molecule has 1 aromatic carbocycles. The summed E-state index contributed by atoms with van der Waals surface area (Å²) in [7, 11) is 0. The van der Waals surface area contributed by atoms with Gasteiger partial charge in [-0.3, -0.25) is 0 Å². The molecule has 0 aliphatic rings. The minimum atomic E-state index is 0.275. The molecule has 0 amide bonds. The number of hydrogen-bond donors (Lipinski definition) is 1. The SMILES string of the molecule is Cc1cc2nc(N)nn2cc1-c1cnn(-c2ccccc2)c1. The summed E-state index contributed by atoms with van der Waals surface area (Å²) in [4.78, 5) is 4.17. The van der Waals surface area contributed by atoms with Crippen LogP contribution in [0.15, 0.2) is 55.0 Å². The molecule has 2 N–H and O–H groups in total. The molecule has 6 nitrogen and oxygen atoms in total. The summed E-state index contributed by atoms with van der Waals surface area (Å²) < 4.78 is 3.55. The predicted molar refractivity (Wildman–Crippen MR) is 84.7 cm³/mol. The highest BCUT2D eigenvalue weighted by Crippen LogP contribution is 2.24. The van der Waals surface area contributed by atoms with Gasteiger partial charge in [-0.25, -0.2) is 9.20 Å². The molecule has 0 unspecified atom stereocenters. The van der Waals surface area contributed by atoms with E-state index >= 15 is 0 Å². The number of aryl methyl sites for hydroxylation is 1. The lowest BCUT2D eigenvalue weighted by atomic mass is 10.1. The molecule has 0 fully saturated rings. The number of nitrogen functional groups attached to an aromatic ring is 1. The maximum absolute atomic E-state index is 5.65. The fourth-order valence-corrected chi connectivity index (χ4v) is 2.53. The summed E-state index contributed by atoms with van der Waals surface area (Å²) in [6.45, 7) is 2.04. The molecular formula is C16H14N6. The fraction of sp³-hybridized carbons (Fsp3) is 0.0625. The number of nitrogens with two attached hydrogens (primary N) is 1. The van der Waals surface area contributed by atoms with E-state index in [4.69, 9.17) is 5.73 Å². The number of pyridine rings is 1. The van der Waals surface area contributed by atoms with Gasteiger partial charge in [-0.1, -0.05) is 18.2 Å². The van der Waals surface area contributed by atoms with E-state index in [0.717, 1.165) is 28.0 Å². The zero-order chi connectivity index (χ0) is 15.1. The Bertz CT molecular complexity index is 951. The van der Waals surface area contributed by atoms with Crippen molar-refractivity contribution in [2.75, 3.05) is 5.73 Å². The Morgan fingerprint density at radius 2 is 1.91 bits per heavy atom. The van der Waals surface area contributed by atoms with Crippen molar-refractivity contribution in [3.8, 4) is 16.8 Å². The Morgan fingerprint density at radius 1 is 1.09 bits per heavy atom. The van der Waals surface area contributed by atoms with Gasteiger partial charge in [0.1, 0.15) is 0 Å². The second kappa shape index (κ2) is 4.70. The largest absolute Gasteiger partial charge is 0.366 e. The standard InChI is InChI=1S/C16H14N6/c1-11-7-15-19-16(17)20-22(15)10-14(11)12-8-18-21(9-12)13-5-3-2-4-6-13/h2-10H,1H3,(H2,17,20). The minimum absolute atomic E-state index is 0.275. The van der Waals surface area contributed by atoms with Gasteiger partial charge in [-0.05, 0) is 30.7 Å². The molecule has 0 spiro atoms. The van der Waals surface area contributed by atoms with Gasteiger partial charge in [0.2, 0.25) is 5.95 Å². The highest BCUT2D eigenvalue weighted by molar-refractivity contribution is 5.68. The van der Waals surface area contributed by atoms with Crippen LogP contribution >= 0.6 is 0 Å². The third kappa shape index (κ3) is 2.01. The molecule has 0 atom stereocenters. The van der Waals surface area contributed by atoms with Crippen LogP contribution in [0.4, 0.5) is 5.95 Å². The summed E-state index contributed by atoms with van der Waals surface area (Å²) in [5.74, 6) is 0.275. The van der Waals surface area contributed by atoms with Gasteiger partial charge in [0.05, 0.1) is 11.9 Å². The molecule has 22 heavy (non-hydrogen) atoms. The summed E-state index contributed by atoms with van der Waals surface area (Å²) in [6, 6.07) is 12.0. The molecule has 3 heterocycles. The molecule has 4 aromatic rings. The predicted octanol–water partition coefficient (Wildman–Crippen LogP) is 2.47. The molecule has 4 rings (SSSR count). The molecule has 3 aromatic heterocycles. The van der Waals surface area contributed by atoms with Crippen LogP contribution in [0.25, 0.3) is 22.5 Å². The zero-order valence-corrected chi connectivity index (χ0v) is 12.0. The van der Waals surface area contributed by atoms with Crippen molar-refractivity contribution in [2.24, 2.45) is 0 Å². The van der Waals surface area contributed by atoms with Crippen LogP contribution in [0.1, 0.15) is 5.56 Å². The molecule has 0 radical (unpaired) electrons. The van der Waals surface area contributed by atoms with Crippen LogP contribution in [-0.4, -0.2) is 24.4 Å². The van der Waals surface area contributed by atoms with Crippen molar-refractivity contribution < 1.29 is 0 Å². The molecular weight excluding hydrogens is 276 g/mol. The summed E-state index contributed by atoms with van der Waals surface area (Å²) in [5.41, 5.74) is 10.6. The first kappa shape index (κ1) is 12.6. The Labute approximate surface area is 126 Å². The second-order valence-electron chi connectivity index (χ2n) is 5.15. The topological polar surface area (TPSA) is 74.0 Å². The highest BCUT2D eigenvalue weighted by atomic mass is 15.3. The Hall–Kier alpha value is -3.15. The van der Waals surface area contributed by atoms with E-state index in [1.165, 1.54) is 0 Å².